The summed E-state index contributed by atoms with van der Waals surface area (Å²) in [5.74, 6) is -0.677. The highest BCUT2D eigenvalue weighted by atomic mass is 32.2. The molecule has 5 nitrogen and oxygen atoms in total. The van der Waals surface area contributed by atoms with Crippen LogP contribution in [0.4, 0.5) is 0 Å². The highest BCUT2D eigenvalue weighted by molar-refractivity contribution is 7.98. The predicted molar refractivity (Wildman–Crippen MR) is 70.1 cm³/mol. The van der Waals surface area contributed by atoms with Gasteiger partial charge < -0.3 is 16.2 Å². The van der Waals surface area contributed by atoms with Crippen molar-refractivity contribution in [1.29, 1.82) is 0 Å². The fourth-order valence-corrected chi connectivity index (χ4v) is 1.80. The SMILES string of the molecule is CCCC[C@H](N)C(=O)NC(CCSC)C(=O)O. The summed E-state index contributed by atoms with van der Waals surface area (Å²) < 4.78 is 0. The maximum absolute atomic E-state index is 11.6. The third kappa shape index (κ3) is 7.23. The van der Waals surface area contributed by atoms with Gasteiger partial charge in [-0.05, 0) is 24.9 Å². The highest BCUT2D eigenvalue weighted by Crippen LogP contribution is 2.03. The average molecular weight is 262 g/mol. The van der Waals surface area contributed by atoms with Crippen molar-refractivity contribution >= 4 is 23.6 Å². The predicted octanol–water partition coefficient (Wildman–Crippen LogP) is 0.826. The molecule has 0 bridgehead atoms. The van der Waals surface area contributed by atoms with E-state index in [1.165, 1.54) is 0 Å². The molecule has 6 heteroatoms. The zero-order valence-electron chi connectivity index (χ0n) is 10.4. The molecule has 0 heterocycles. The van der Waals surface area contributed by atoms with E-state index in [1.54, 1.807) is 11.8 Å². The van der Waals surface area contributed by atoms with E-state index in [4.69, 9.17) is 10.8 Å². The molecule has 0 spiro atoms. The molecule has 0 rings (SSSR count). The molecular weight excluding hydrogens is 240 g/mol. The number of hydrogen-bond acceptors (Lipinski definition) is 4. The van der Waals surface area contributed by atoms with Gasteiger partial charge in [0.05, 0.1) is 6.04 Å². The van der Waals surface area contributed by atoms with E-state index in [0.29, 0.717) is 18.6 Å². The molecule has 0 aromatic rings. The second-order valence-electron chi connectivity index (χ2n) is 3.93. The summed E-state index contributed by atoms with van der Waals surface area (Å²) in [6, 6.07) is -1.44. The van der Waals surface area contributed by atoms with Gasteiger partial charge in [0.1, 0.15) is 6.04 Å². The van der Waals surface area contributed by atoms with Crippen LogP contribution in [-0.2, 0) is 9.59 Å². The normalized spacial score (nSPS) is 14.1. The molecule has 0 aliphatic heterocycles. The molecule has 1 amide bonds. The molecule has 4 N–H and O–H groups in total. The van der Waals surface area contributed by atoms with Crippen molar-refractivity contribution in [3.8, 4) is 0 Å². The zero-order chi connectivity index (χ0) is 13.3. The fraction of sp³-hybridized carbons (Fsp3) is 0.818. The van der Waals surface area contributed by atoms with E-state index in [9.17, 15) is 9.59 Å². The molecule has 0 aromatic heterocycles. The maximum Gasteiger partial charge on any atom is 0.326 e. The molecule has 0 aromatic carbocycles. The van der Waals surface area contributed by atoms with Crippen molar-refractivity contribution in [2.45, 2.75) is 44.7 Å². The maximum atomic E-state index is 11.6. The summed E-state index contributed by atoms with van der Waals surface area (Å²) in [6.07, 6.45) is 4.75. The lowest BCUT2D eigenvalue weighted by atomic mass is 10.1. The Morgan fingerprint density at radius 2 is 2.06 bits per heavy atom. The molecule has 1 unspecified atom stereocenters. The van der Waals surface area contributed by atoms with E-state index >= 15 is 0 Å². The lowest BCUT2D eigenvalue weighted by Crippen LogP contribution is -2.48. The summed E-state index contributed by atoms with van der Waals surface area (Å²) >= 11 is 1.55. The number of aliphatic carboxylic acids is 1. The highest BCUT2D eigenvalue weighted by Gasteiger charge is 2.22. The van der Waals surface area contributed by atoms with Crippen LogP contribution >= 0.6 is 11.8 Å². The molecule has 0 radical (unpaired) electrons. The van der Waals surface area contributed by atoms with E-state index in [0.717, 1.165) is 12.8 Å². The Morgan fingerprint density at radius 1 is 1.41 bits per heavy atom. The van der Waals surface area contributed by atoms with Gasteiger partial charge in [-0.1, -0.05) is 19.8 Å². The second-order valence-corrected chi connectivity index (χ2v) is 4.92. The summed E-state index contributed by atoms with van der Waals surface area (Å²) in [5.41, 5.74) is 5.67. The van der Waals surface area contributed by atoms with E-state index in [-0.39, 0.29) is 5.91 Å². The molecule has 2 atom stereocenters. The number of thioether (sulfide) groups is 1. The number of nitrogens with two attached hydrogens (primary N) is 1. The number of carbonyl (C=O) groups is 2. The molecular formula is C11H22N2O3S. The van der Waals surface area contributed by atoms with Crippen molar-refractivity contribution in [3.05, 3.63) is 0 Å². The van der Waals surface area contributed by atoms with Gasteiger partial charge in [-0.2, -0.15) is 11.8 Å². The van der Waals surface area contributed by atoms with Crippen LogP contribution in [0, 0.1) is 0 Å². The number of carboxylic acid groups (broad SMARTS) is 1. The second kappa shape index (κ2) is 9.30. The number of hydrogen-bond donors (Lipinski definition) is 3. The minimum Gasteiger partial charge on any atom is -0.480 e. The van der Waals surface area contributed by atoms with Gasteiger partial charge >= 0.3 is 5.97 Å². The number of nitrogens with one attached hydrogen (secondary N) is 1. The van der Waals surface area contributed by atoms with Crippen molar-refractivity contribution < 1.29 is 14.7 Å². The van der Waals surface area contributed by atoms with Gasteiger partial charge in [-0.25, -0.2) is 4.79 Å². The van der Waals surface area contributed by atoms with Gasteiger partial charge in [-0.15, -0.1) is 0 Å². The topological polar surface area (TPSA) is 92.4 Å². The Hall–Kier alpha value is -0.750. The van der Waals surface area contributed by atoms with Crippen LogP contribution in [0.2, 0.25) is 0 Å². The van der Waals surface area contributed by atoms with Crippen LogP contribution in [0.5, 0.6) is 0 Å². The molecule has 17 heavy (non-hydrogen) atoms. The number of carbonyl (C=O) groups excluding carboxylic acids is 1. The fourth-order valence-electron chi connectivity index (χ4n) is 1.33. The molecule has 0 aliphatic carbocycles. The van der Waals surface area contributed by atoms with Gasteiger partial charge in [0.15, 0.2) is 0 Å². The Labute approximate surface area is 107 Å². The van der Waals surface area contributed by atoms with E-state index in [1.807, 2.05) is 13.2 Å². The van der Waals surface area contributed by atoms with Gasteiger partial charge in [0.25, 0.3) is 0 Å². The standard InChI is InChI=1S/C11H22N2O3S/c1-3-4-5-8(12)10(14)13-9(11(15)16)6-7-17-2/h8-9H,3-7,12H2,1-2H3,(H,13,14)(H,15,16)/t8-,9?/m0/s1. The molecule has 0 saturated heterocycles. The lowest BCUT2D eigenvalue weighted by Gasteiger charge is -2.17. The molecule has 0 aliphatic rings. The minimum absolute atomic E-state index is 0.369. The van der Waals surface area contributed by atoms with Crippen LogP contribution in [0.15, 0.2) is 0 Å². The number of amides is 1. The Morgan fingerprint density at radius 3 is 2.53 bits per heavy atom. The Balaban J connectivity index is 4.15. The Bertz CT molecular complexity index is 249. The average Bonchev–Trinajstić information content (AvgIpc) is 2.30. The van der Waals surface area contributed by atoms with Gasteiger partial charge in [-0.3, -0.25) is 4.79 Å². The molecule has 0 saturated carbocycles. The number of carboxylic acids is 1. The minimum atomic E-state index is -1.00. The van der Waals surface area contributed by atoms with Crippen molar-refractivity contribution in [3.63, 3.8) is 0 Å². The van der Waals surface area contributed by atoms with Gasteiger partial charge in [0, 0.05) is 0 Å². The lowest BCUT2D eigenvalue weighted by molar-refractivity contribution is -0.142. The van der Waals surface area contributed by atoms with E-state index in [2.05, 4.69) is 5.32 Å². The Kier molecular flexibility index (Phi) is 8.89. The quantitative estimate of drug-likeness (QED) is 0.572. The van der Waals surface area contributed by atoms with Crippen LogP contribution in [-0.4, -0.2) is 41.1 Å². The first kappa shape index (κ1) is 16.2. The largest absolute Gasteiger partial charge is 0.480 e. The third-order valence-electron chi connectivity index (χ3n) is 2.43. The monoisotopic (exact) mass is 262 g/mol. The van der Waals surface area contributed by atoms with Crippen LogP contribution in [0.3, 0.4) is 0 Å². The van der Waals surface area contributed by atoms with Crippen LogP contribution in [0.1, 0.15) is 32.6 Å². The van der Waals surface area contributed by atoms with Crippen LogP contribution < -0.4 is 11.1 Å². The summed E-state index contributed by atoms with van der Waals surface area (Å²) in [4.78, 5) is 22.5. The van der Waals surface area contributed by atoms with Crippen molar-refractivity contribution in [2.24, 2.45) is 5.73 Å². The molecule has 100 valence electrons. The van der Waals surface area contributed by atoms with Crippen molar-refractivity contribution in [1.82, 2.24) is 5.32 Å². The number of unbranched alkanes of at least 4 members (excludes halogenated alkanes) is 1. The number of rotatable bonds is 9. The van der Waals surface area contributed by atoms with E-state index < -0.39 is 18.1 Å². The summed E-state index contributed by atoms with van der Waals surface area (Å²) in [6.45, 7) is 2.02. The smallest absolute Gasteiger partial charge is 0.326 e. The van der Waals surface area contributed by atoms with Gasteiger partial charge in [0.2, 0.25) is 5.91 Å². The van der Waals surface area contributed by atoms with Crippen molar-refractivity contribution in [2.75, 3.05) is 12.0 Å². The summed E-state index contributed by atoms with van der Waals surface area (Å²) in [7, 11) is 0. The zero-order valence-corrected chi connectivity index (χ0v) is 11.3. The van der Waals surface area contributed by atoms with Crippen LogP contribution in [0.25, 0.3) is 0 Å². The first-order valence-corrected chi connectivity index (χ1v) is 7.20. The first-order valence-electron chi connectivity index (χ1n) is 5.80. The third-order valence-corrected chi connectivity index (χ3v) is 3.07. The summed E-state index contributed by atoms with van der Waals surface area (Å²) in [5, 5.41) is 11.4. The molecule has 0 fully saturated rings. The first-order chi connectivity index (χ1) is 8.02.